The van der Waals surface area contributed by atoms with E-state index in [1.807, 2.05) is 67.4 Å². The fourth-order valence-corrected chi connectivity index (χ4v) is 2.89. The Hall–Kier alpha value is -2.59. The van der Waals surface area contributed by atoms with Gasteiger partial charge in [0.2, 0.25) is 0 Å². The van der Waals surface area contributed by atoms with Gasteiger partial charge in [-0.1, -0.05) is 41.9 Å². The minimum atomic E-state index is -0.221. The highest BCUT2D eigenvalue weighted by Crippen LogP contribution is 2.28. The number of aliphatic imine (C=N–C) groups is 1. The number of halogens is 1. The van der Waals surface area contributed by atoms with Crippen molar-refractivity contribution in [3.8, 4) is 0 Å². The Labute approximate surface area is 152 Å². The van der Waals surface area contributed by atoms with Crippen molar-refractivity contribution in [1.82, 2.24) is 4.90 Å². The number of amides is 1. The van der Waals surface area contributed by atoms with Crippen molar-refractivity contribution in [2.24, 2.45) is 4.99 Å². The smallest absolute Gasteiger partial charge is 0.275 e. The zero-order valence-electron chi connectivity index (χ0n) is 14.3. The van der Waals surface area contributed by atoms with Gasteiger partial charge in [-0.15, -0.1) is 0 Å². The van der Waals surface area contributed by atoms with Gasteiger partial charge >= 0.3 is 0 Å². The van der Waals surface area contributed by atoms with Gasteiger partial charge in [-0.2, -0.15) is 0 Å². The van der Waals surface area contributed by atoms with Gasteiger partial charge in [0.05, 0.1) is 11.4 Å². The molecule has 128 valence electrons. The van der Waals surface area contributed by atoms with Gasteiger partial charge in [0.15, 0.2) is 0 Å². The van der Waals surface area contributed by atoms with Crippen LogP contribution in [0.1, 0.15) is 25.0 Å². The molecule has 1 aliphatic heterocycles. The Morgan fingerprint density at radius 2 is 1.84 bits per heavy atom. The van der Waals surface area contributed by atoms with Gasteiger partial charge in [0.25, 0.3) is 5.91 Å². The second kappa shape index (κ2) is 7.53. The molecule has 0 saturated carbocycles. The molecule has 2 aromatic carbocycles. The van der Waals surface area contributed by atoms with Crippen molar-refractivity contribution in [2.75, 3.05) is 18.4 Å². The van der Waals surface area contributed by atoms with E-state index < -0.39 is 0 Å². The summed E-state index contributed by atoms with van der Waals surface area (Å²) in [7, 11) is 0. The normalized spacial score (nSPS) is 15.2. The lowest BCUT2D eigenvalue weighted by atomic mass is 10.0. The van der Waals surface area contributed by atoms with Crippen molar-refractivity contribution in [3.63, 3.8) is 0 Å². The summed E-state index contributed by atoms with van der Waals surface area (Å²) in [5, 5.41) is 3.55. The molecule has 25 heavy (non-hydrogen) atoms. The largest absolute Gasteiger partial charge is 0.376 e. The molecule has 0 unspecified atom stereocenters. The van der Waals surface area contributed by atoms with Crippen molar-refractivity contribution in [3.05, 3.63) is 76.6 Å². The molecule has 1 heterocycles. The van der Waals surface area contributed by atoms with Gasteiger partial charge in [0.1, 0.15) is 5.70 Å². The van der Waals surface area contributed by atoms with E-state index in [9.17, 15) is 4.79 Å². The highest BCUT2D eigenvalue weighted by Gasteiger charge is 2.22. The predicted octanol–water partition coefficient (Wildman–Crippen LogP) is 4.31. The molecule has 2 aromatic rings. The number of hydrogen-bond donors (Lipinski definition) is 1. The first kappa shape index (κ1) is 17.2. The maximum absolute atomic E-state index is 12.7. The van der Waals surface area contributed by atoms with Crippen LogP contribution in [-0.2, 0) is 4.79 Å². The van der Waals surface area contributed by atoms with Gasteiger partial charge in [0, 0.05) is 35.4 Å². The predicted molar refractivity (Wildman–Crippen MR) is 103 cm³/mol. The molecule has 0 bridgehead atoms. The number of carbonyl (C=O) groups is 1. The Kier molecular flexibility index (Phi) is 5.19. The number of carbonyl (C=O) groups excluding carboxylic acids is 1. The van der Waals surface area contributed by atoms with Crippen LogP contribution in [0, 0.1) is 0 Å². The minimum Gasteiger partial charge on any atom is -0.376 e. The number of hydrogen-bond acceptors (Lipinski definition) is 3. The van der Waals surface area contributed by atoms with Crippen LogP contribution < -0.4 is 5.32 Å². The molecule has 0 spiro atoms. The number of benzene rings is 2. The molecule has 0 atom stereocenters. The van der Waals surface area contributed by atoms with Crippen LogP contribution in [0.25, 0.3) is 0 Å². The number of rotatable bonds is 4. The first-order chi connectivity index (χ1) is 12.1. The Balaban J connectivity index is 2.20. The minimum absolute atomic E-state index is 0.221. The van der Waals surface area contributed by atoms with Gasteiger partial charge in [-0.05, 0) is 32.0 Å². The molecule has 4 nitrogen and oxygen atoms in total. The molecule has 0 aromatic heterocycles. The molecule has 0 fully saturated rings. The van der Waals surface area contributed by atoms with Crippen molar-refractivity contribution in [2.45, 2.75) is 13.8 Å². The first-order valence-electron chi connectivity index (χ1n) is 8.33. The summed E-state index contributed by atoms with van der Waals surface area (Å²) in [6.07, 6.45) is 1.81. The lowest BCUT2D eigenvalue weighted by Gasteiger charge is -2.16. The van der Waals surface area contributed by atoms with Crippen LogP contribution in [-0.4, -0.2) is 29.6 Å². The second-order valence-electron chi connectivity index (χ2n) is 5.71. The van der Waals surface area contributed by atoms with Crippen LogP contribution in [0.3, 0.4) is 0 Å². The summed E-state index contributed by atoms with van der Waals surface area (Å²) in [6.45, 7) is 5.71. The van der Waals surface area contributed by atoms with Crippen LogP contribution >= 0.6 is 11.6 Å². The van der Waals surface area contributed by atoms with E-state index in [2.05, 4.69) is 5.32 Å². The number of nitrogens with one attached hydrogen (secondary N) is 1. The van der Waals surface area contributed by atoms with E-state index >= 15 is 0 Å². The van der Waals surface area contributed by atoms with Crippen molar-refractivity contribution >= 4 is 28.9 Å². The first-order valence-corrected chi connectivity index (χ1v) is 8.71. The zero-order chi connectivity index (χ0) is 17.8. The third-order valence-corrected chi connectivity index (χ3v) is 4.35. The monoisotopic (exact) mass is 353 g/mol. The van der Waals surface area contributed by atoms with Crippen LogP contribution in [0.2, 0.25) is 5.02 Å². The van der Waals surface area contributed by atoms with Gasteiger partial charge < -0.3 is 10.2 Å². The molecule has 0 saturated heterocycles. The van der Waals surface area contributed by atoms with E-state index in [0.29, 0.717) is 16.4 Å². The topological polar surface area (TPSA) is 44.7 Å². The van der Waals surface area contributed by atoms with E-state index in [0.717, 1.165) is 29.9 Å². The SMILES string of the molecule is CCN(/C=C1/N=C(c2ccccc2)c2cc(Cl)ccc2NC1=O)CC. The van der Waals surface area contributed by atoms with Gasteiger partial charge in [-0.3, -0.25) is 4.79 Å². The molecule has 0 aliphatic carbocycles. The van der Waals surface area contributed by atoms with Gasteiger partial charge in [-0.25, -0.2) is 4.99 Å². The summed E-state index contributed by atoms with van der Waals surface area (Å²) in [6, 6.07) is 15.2. The van der Waals surface area contributed by atoms with E-state index in [1.54, 1.807) is 6.07 Å². The highest BCUT2D eigenvalue weighted by molar-refractivity contribution is 6.32. The molecule has 3 rings (SSSR count). The average molecular weight is 354 g/mol. The fraction of sp³-hybridized carbons (Fsp3) is 0.200. The summed E-state index contributed by atoms with van der Waals surface area (Å²) in [4.78, 5) is 19.4. The molecule has 1 N–H and O–H groups in total. The van der Waals surface area contributed by atoms with Crippen LogP contribution in [0.4, 0.5) is 5.69 Å². The fourth-order valence-electron chi connectivity index (χ4n) is 2.72. The summed E-state index contributed by atoms with van der Waals surface area (Å²) in [5.74, 6) is -0.221. The van der Waals surface area contributed by atoms with E-state index in [-0.39, 0.29) is 5.91 Å². The number of anilines is 1. The quantitative estimate of drug-likeness (QED) is 0.832. The summed E-state index contributed by atoms with van der Waals surface area (Å²) < 4.78 is 0. The summed E-state index contributed by atoms with van der Waals surface area (Å²) >= 11 is 6.19. The molecular weight excluding hydrogens is 334 g/mol. The maximum Gasteiger partial charge on any atom is 0.275 e. The number of nitrogens with zero attached hydrogens (tertiary/aromatic N) is 2. The van der Waals surface area contributed by atoms with Crippen LogP contribution in [0.5, 0.6) is 0 Å². The number of fused-ring (bicyclic) bond motifs is 1. The molecule has 5 heteroatoms. The van der Waals surface area contributed by atoms with Crippen LogP contribution in [0.15, 0.2) is 65.4 Å². The molecule has 0 radical (unpaired) electrons. The molecule has 1 aliphatic rings. The Bertz CT molecular complexity index is 839. The Morgan fingerprint density at radius 1 is 1.12 bits per heavy atom. The number of benzodiazepines with no additional fused rings is 1. The average Bonchev–Trinajstić information content (AvgIpc) is 2.77. The van der Waals surface area contributed by atoms with Crippen molar-refractivity contribution < 1.29 is 4.79 Å². The molecular formula is C20H20ClN3O. The molecule has 1 amide bonds. The Morgan fingerprint density at radius 3 is 2.52 bits per heavy atom. The lowest BCUT2D eigenvalue weighted by molar-refractivity contribution is -0.112. The highest BCUT2D eigenvalue weighted by atomic mass is 35.5. The summed E-state index contributed by atoms with van der Waals surface area (Å²) in [5.41, 5.74) is 3.58. The zero-order valence-corrected chi connectivity index (χ0v) is 15.0. The second-order valence-corrected chi connectivity index (χ2v) is 6.14. The van der Waals surface area contributed by atoms with Crippen molar-refractivity contribution in [1.29, 1.82) is 0 Å². The standard InChI is InChI=1S/C20H20ClN3O/c1-3-24(4-2)13-18-20(25)23-17-11-10-15(21)12-16(17)19(22-18)14-8-6-5-7-9-14/h5-13H,3-4H2,1-2H3,(H,23,25)/b18-13+. The van der Waals surface area contributed by atoms with E-state index in [1.165, 1.54) is 0 Å². The maximum atomic E-state index is 12.7. The lowest BCUT2D eigenvalue weighted by Crippen LogP contribution is -2.20. The third-order valence-electron chi connectivity index (χ3n) is 4.11. The van der Waals surface area contributed by atoms with E-state index in [4.69, 9.17) is 16.6 Å². The third kappa shape index (κ3) is 3.74.